The molecule has 0 amide bonds. The van der Waals surface area contributed by atoms with Crippen molar-refractivity contribution in [1.82, 2.24) is 24.6 Å². The van der Waals surface area contributed by atoms with Gasteiger partial charge in [-0.2, -0.15) is 5.10 Å². The van der Waals surface area contributed by atoms with Crippen LogP contribution in [0.1, 0.15) is 13.8 Å². The molecule has 1 aliphatic heterocycles. The molecule has 0 spiro atoms. The fourth-order valence-corrected chi connectivity index (χ4v) is 3.09. The Bertz CT molecular complexity index is 636. The number of nitrogens with one attached hydrogen (secondary N) is 1. The Kier molecular flexibility index (Phi) is 5.04. The summed E-state index contributed by atoms with van der Waals surface area (Å²) < 4.78 is 7.44. The molecule has 0 unspecified atom stereocenters. The van der Waals surface area contributed by atoms with Gasteiger partial charge in [0.05, 0.1) is 36.9 Å². The van der Waals surface area contributed by atoms with E-state index in [0.717, 1.165) is 43.0 Å². The minimum absolute atomic E-state index is 0.0386. The van der Waals surface area contributed by atoms with E-state index in [-0.39, 0.29) is 18.8 Å². The first-order valence-corrected chi connectivity index (χ1v) is 8.06. The SMILES string of the molecule is C[C@H]1CN(CCNc2ncnc3c2cnn3CCO)C[C@H](C)O1. The summed E-state index contributed by atoms with van der Waals surface area (Å²) in [4.78, 5) is 11.0. The zero-order valence-corrected chi connectivity index (χ0v) is 13.6. The zero-order valence-electron chi connectivity index (χ0n) is 13.6. The summed E-state index contributed by atoms with van der Waals surface area (Å²) in [5.41, 5.74) is 0.741. The third kappa shape index (κ3) is 3.77. The number of morpholine rings is 1. The third-order valence-corrected chi connectivity index (χ3v) is 3.96. The van der Waals surface area contributed by atoms with Gasteiger partial charge in [0.1, 0.15) is 12.1 Å². The number of hydrogen-bond donors (Lipinski definition) is 2. The second kappa shape index (κ2) is 7.20. The van der Waals surface area contributed by atoms with Crippen LogP contribution in [0.25, 0.3) is 11.0 Å². The molecule has 23 heavy (non-hydrogen) atoms. The molecule has 0 radical (unpaired) electrons. The van der Waals surface area contributed by atoms with Gasteiger partial charge in [0, 0.05) is 26.2 Å². The number of hydrogen-bond acceptors (Lipinski definition) is 7. The van der Waals surface area contributed by atoms with E-state index in [4.69, 9.17) is 9.84 Å². The normalized spacial score (nSPS) is 22.6. The summed E-state index contributed by atoms with van der Waals surface area (Å²) in [6.07, 6.45) is 3.83. The van der Waals surface area contributed by atoms with Crippen molar-refractivity contribution in [2.75, 3.05) is 38.1 Å². The molecule has 3 heterocycles. The highest BCUT2D eigenvalue weighted by atomic mass is 16.5. The Morgan fingerprint density at radius 1 is 1.26 bits per heavy atom. The lowest BCUT2D eigenvalue weighted by Crippen LogP contribution is -2.46. The molecule has 0 aliphatic carbocycles. The molecule has 2 aromatic heterocycles. The van der Waals surface area contributed by atoms with Crippen molar-refractivity contribution in [3.05, 3.63) is 12.5 Å². The van der Waals surface area contributed by atoms with Crippen molar-refractivity contribution in [2.45, 2.75) is 32.6 Å². The highest BCUT2D eigenvalue weighted by Crippen LogP contribution is 2.18. The van der Waals surface area contributed by atoms with Crippen molar-refractivity contribution >= 4 is 16.9 Å². The first-order chi connectivity index (χ1) is 11.2. The van der Waals surface area contributed by atoms with E-state index in [1.165, 1.54) is 6.33 Å². The molecule has 1 aliphatic rings. The van der Waals surface area contributed by atoms with E-state index in [1.807, 2.05) is 0 Å². The van der Waals surface area contributed by atoms with Gasteiger partial charge in [-0.05, 0) is 13.8 Å². The zero-order chi connectivity index (χ0) is 16.2. The van der Waals surface area contributed by atoms with Crippen LogP contribution in [0.5, 0.6) is 0 Å². The van der Waals surface area contributed by atoms with Gasteiger partial charge in [-0.1, -0.05) is 0 Å². The predicted molar refractivity (Wildman–Crippen MR) is 87.3 cm³/mol. The first-order valence-electron chi connectivity index (χ1n) is 8.06. The molecule has 1 fully saturated rings. The number of nitrogens with zero attached hydrogens (tertiary/aromatic N) is 5. The van der Waals surface area contributed by atoms with Gasteiger partial charge in [0.2, 0.25) is 0 Å². The van der Waals surface area contributed by atoms with Crippen LogP contribution >= 0.6 is 0 Å². The molecular formula is C15H24N6O2. The van der Waals surface area contributed by atoms with Crippen molar-refractivity contribution in [3.63, 3.8) is 0 Å². The van der Waals surface area contributed by atoms with Crippen LogP contribution in [-0.2, 0) is 11.3 Å². The summed E-state index contributed by atoms with van der Waals surface area (Å²) in [6, 6.07) is 0. The Balaban J connectivity index is 1.61. The summed E-state index contributed by atoms with van der Waals surface area (Å²) in [7, 11) is 0. The number of ether oxygens (including phenoxy) is 1. The summed E-state index contributed by atoms with van der Waals surface area (Å²) in [5, 5.41) is 17.6. The Morgan fingerprint density at radius 2 is 2.04 bits per heavy atom. The molecule has 0 aromatic carbocycles. The largest absolute Gasteiger partial charge is 0.394 e. The van der Waals surface area contributed by atoms with Crippen LogP contribution in [0.3, 0.4) is 0 Å². The van der Waals surface area contributed by atoms with Crippen LogP contribution in [0, 0.1) is 0 Å². The smallest absolute Gasteiger partial charge is 0.163 e. The van der Waals surface area contributed by atoms with Crippen molar-refractivity contribution in [2.24, 2.45) is 0 Å². The maximum atomic E-state index is 9.06. The highest BCUT2D eigenvalue weighted by Gasteiger charge is 2.21. The molecule has 8 heteroatoms. The van der Waals surface area contributed by atoms with Crippen LogP contribution in [0.4, 0.5) is 5.82 Å². The summed E-state index contributed by atoms with van der Waals surface area (Å²) in [5.74, 6) is 0.786. The fraction of sp³-hybridized carbons (Fsp3) is 0.667. The molecule has 1 saturated heterocycles. The standard InChI is InChI=1S/C15H24N6O2/c1-11-8-20(9-12(2)23-11)4-3-16-14-13-7-19-21(5-6-22)15(13)18-10-17-14/h7,10-12,22H,3-6,8-9H2,1-2H3,(H,16,17,18)/t11-,12-/m0/s1. The van der Waals surface area contributed by atoms with Crippen molar-refractivity contribution in [3.8, 4) is 0 Å². The van der Waals surface area contributed by atoms with E-state index in [9.17, 15) is 0 Å². The van der Waals surface area contributed by atoms with Gasteiger partial charge >= 0.3 is 0 Å². The number of aliphatic hydroxyl groups excluding tert-OH is 1. The van der Waals surface area contributed by atoms with Crippen molar-refractivity contribution in [1.29, 1.82) is 0 Å². The highest BCUT2D eigenvalue weighted by molar-refractivity contribution is 5.85. The van der Waals surface area contributed by atoms with Gasteiger partial charge in [-0.3, -0.25) is 4.90 Å². The van der Waals surface area contributed by atoms with Crippen molar-refractivity contribution < 1.29 is 9.84 Å². The number of aromatic nitrogens is 4. The van der Waals surface area contributed by atoms with Gasteiger partial charge in [-0.25, -0.2) is 14.6 Å². The van der Waals surface area contributed by atoms with E-state index in [1.54, 1.807) is 10.9 Å². The number of fused-ring (bicyclic) bond motifs is 1. The van der Waals surface area contributed by atoms with E-state index >= 15 is 0 Å². The van der Waals surface area contributed by atoms with Crippen LogP contribution in [0.2, 0.25) is 0 Å². The quantitative estimate of drug-likeness (QED) is 0.793. The topological polar surface area (TPSA) is 88.3 Å². The monoisotopic (exact) mass is 320 g/mol. The Morgan fingerprint density at radius 3 is 2.78 bits per heavy atom. The molecule has 3 rings (SSSR count). The van der Waals surface area contributed by atoms with Crippen LogP contribution < -0.4 is 5.32 Å². The predicted octanol–water partition coefficient (Wildman–Crippen LogP) is 0.340. The number of aliphatic hydroxyl groups is 1. The lowest BCUT2D eigenvalue weighted by Gasteiger charge is -2.35. The third-order valence-electron chi connectivity index (χ3n) is 3.96. The second-order valence-corrected chi connectivity index (χ2v) is 5.99. The molecular weight excluding hydrogens is 296 g/mol. The summed E-state index contributed by atoms with van der Waals surface area (Å²) >= 11 is 0. The van der Waals surface area contributed by atoms with Gasteiger partial charge in [0.25, 0.3) is 0 Å². The van der Waals surface area contributed by atoms with Crippen LogP contribution in [-0.4, -0.2) is 74.7 Å². The maximum absolute atomic E-state index is 9.06. The number of rotatable bonds is 6. The minimum Gasteiger partial charge on any atom is -0.394 e. The average Bonchev–Trinajstić information content (AvgIpc) is 2.91. The Hall–Kier alpha value is -1.77. The van der Waals surface area contributed by atoms with E-state index in [2.05, 4.69) is 39.1 Å². The lowest BCUT2D eigenvalue weighted by atomic mass is 10.2. The molecule has 2 N–H and O–H groups in total. The molecule has 0 saturated carbocycles. The second-order valence-electron chi connectivity index (χ2n) is 5.99. The fourth-order valence-electron chi connectivity index (χ4n) is 3.09. The Labute approximate surface area is 135 Å². The average molecular weight is 320 g/mol. The maximum Gasteiger partial charge on any atom is 0.163 e. The first kappa shape index (κ1) is 16.1. The molecule has 2 atom stereocenters. The minimum atomic E-state index is 0.0386. The number of anilines is 1. The van der Waals surface area contributed by atoms with Gasteiger partial charge < -0.3 is 15.2 Å². The molecule has 8 nitrogen and oxygen atoms in total. The molecule has 2 aromatic rings. The van der Waals surface area contributed by atoms with Gasteiger partial charge in [-0.15, -0.1) is 0 Å². The van der Waals surface area contributed by atoms with Crippen LogP contribution in [0.15, 0.2) is 12.5 Å². The van der Waals surface area contributed by atoms with E-state index < -0.39 is 0 Å². The molecule has 126 valence electrons. The van der Waals surface area contributed by atoms with Gasteiger partial charge in [0.15, 0.2) is 5.65 Å². The summed E-state index contributed by atoms with van der Waals surface area (Å²) in [6.45, 7) is 8.35. The van der Waals surface area contributed by atoms with E-state index in [0.29, 0.717) is 6.54 Å². The molecule has 0 bridgehead atoms. The lowest BCUT2D eigenvalue weighted by molar-refractivity contribution is -0.0667.